The molecule has 1 aliphatic rings. The largest absolute Gasteiger partial charge is 0.299 e. The van der Waals surface area contributed by atoms with Crippen molar-refractivity contribution < 1.29 is 9.59 Å². The SMILES string of the molecule is CCCC(=O)C1(C(C)=O)CC1. The van der Waals surface area contributed by atoms with Crippen LogP contribution in [0.4, 0.5) is 0 Å². The van der Waals surface area contributed by atoms with E-state index in [1.165, 1.54) is 6.92 Å². The summed E-state index contributed by atoms with van der Waals surface area (Å²) in [5.41, 5.74) is -0.518. The van der Waals surface area contributed by atoms with E-state index in [4.69, 9.17) is 0 Å². The first-order valence-electron chi connectivity index (χ1n) is 4.18. The van der Waals surface area contributed by atoms with E-state index in [0.717, 1.165) is 19.3 Å². The van der Waals surface area contributed by atoms with Crippen LogP contribution < -0.4 is 0 Å². The number of ketones is 2. The van der Waals surface area contributed by atoms with Gasteiger partial charge in [0.1, 0.15) is 11.6 Å². The summed E-state index contributed by atoms with van der Waals surface area (Å²) in [5, 5.41) is 0. The Labute approximate surface area is 67.0 Å². The van der Waals surface area contributed by atoms with Crippen LogP contribution in [0.3, 0.4) is 0 Å². The first kappa shape index (κ1) is 8.44. The molecule has 1 rings (SSSR count). The minimum Gasteiger partial charge on any atom is -0.299 e. The maximum atomic E-state index is 11.3. The zero-order valence-corrected chi connectivity index (χ0v) is 7.14. The molecule has 0 aromatic carbocycles. The number of hydrogen-bond acceptors (Lipinski definition) is 2. The van der Waals surface area contributed by atoms with E-state index in [-0.39, 0.29) is 11.6 Å². The van der Waals surface area contributed by atoms with Crippen LogP contribution in [0.25, 0.3) is 0 Å². The van der Waals surface area contributed by atoms with E-state index in [0.29, 0.717) is 6.42 Å². The fourth-order valence-corrected chi connectivity index (χ4v) is 1.42. The molecule has 0 radical (unpaired) electrons. The summed E-state index contributed by atoms with van der Waals surface area (Å²) in [6.07, 6.45) is 3.01. The van der Waals surface area contributed by atoms with Crippen molar-refractivity contribution >= 4 is 11.6 Å². The van der Waals surface area contributed by atoms with Crippen molar-refractivity contribution in [2.24, 2.45) is 5.41 Å². The highest BCUT2D eigenvalue weighted by atomic mass is 16.2. The number of carbonyl (C=O) groups excluding carboxylic acids is 2. The fourth-order valence-electron chi connectivity index (χ4n) is 1.42. The molecule has 0 unspecified atom stereocenters. The molecule has 0 N–H and O–H groups in total. The highest BCUT2D eigenvalue weighted by molar-refractivity contribution is 6.08. The van der Waals surface area contributed by atoms with Gasteiger partial charge >= 0.3 is 0 Å². The van der Waals surface area contributed by atoms with Crippen LogP contribution in [0.2, 0.25) is 0 Å². The van der Waals surface area contributed by atoms with Crippen LogP contribution >= 0.6 is 0 Å². The molecule has 0 saturated heterocycles. The molecule has 0 amide bonds. The molecule has 62 valence electrons. The molecule has 0 aromatic rings. The Morgan fingerprint density at radius 1 is 1.36 bits per heavy atom. The van der Waals surface area contributed by atoms with E-state index in [9.17, 15) is 9.59 Å². The van der Waals surface area contributed by atoms with Gasteiger partial charge in [-0.3, -0.25) is 9.59 Å². The average Bonchev–Trinajstić information content (AvgIpc) is 2.66. The van der Waals surface area contributed by atoms with E-state index in [2.05, 4.69) is 0 Å². The van der Waals surface area contributed by atoms with Gasteiger partial charge < -0.3 is 0 Å². The lowest BCUT2D eigenvalue weighted by Crippen LogP contribution is -2.23. The first-order valence-corrected chi connectivity index (χ1v) is 4.18. The highest BCUT2D eigenvalue weighted by Crippen LogP contribution is 2.48. The Hall–Kier alpha value is -0.660. The molecule has 1 aliphatic carbocycles. The monoisotopic (exact) mass is 154 g/mol. The molecular formula is C9H14O2. The summed E-state index contributed by atoms with van der Waals surface area (Å²) >= 11 is 0. The van der Waals surface area contributed by atoms with Crippen molar-refractivity contribution in [2.45, 2.75) is 39.5 Å². The minimum atomic E-state index is -0.518. The topological polar surface area (TPSA) is 34.1 Å². The summed E-state index contributed by atoms with van der Waals surface area (Å²) in [6.45, 7) is 3.49. The van der Waals surface area contributed by atoms with E-state index in [1.807, 2.05) is 6.92 Å². The van der Waals surface area contributed by atoms with Gasteiger partial charge in [0.25, 0.3) is 0 Å². The van der Waals surface area contributed by atoms with Gasteiger partial charge in [-0.2, -0.15) is 0 Å². The number of carbonyl (C=O) groups is 2. The van der Waals surface area contributed by atoms with Crippen LogP contribution in [-0.4, -0.2) is 11.6 Å². The van der Waals surface area contributed by atoms with E-state index < -0.39 is 5.41 Å². The Kier molecular flexibility index (Phi) is 2.12. The fraction of sp³-hybridized carbons (Fsp3) is 0.778. The second-order valence-corrected chi connectivity index (χ2v) is 3.31. The molecule has 2 heteroatoms. The summed E-state index contributed by atoms with van der Waals surface area (Å²) in [5.74, 6) is 0.225. The van der Waals surface area contributed by atoms with Gasteiger partial charge in [-0.05, 0) is 26.2 Å². The molecule has 0 atom stereocenters. The third-order valence-corrected chi connectivity index (χ3v) is 2.43. The lowest BCUT2D eigenvalue weighted by atomic mass is 9.94. The lowest BCUT2D eigenvalue weighted by Gasteiger charge is -2.07. The Balaban J connectivity index is 2.58. The van der Waals surface area contributed by atoms with Crippen LogP contribution in [0.15, 0.2) is 0 Å². The van der Waals surface area contributed by atoms with Crippen LogP contribution in [-0.2, 0) is 9.59 Å². The van der Waals surface area contributed by atoms with E-state index >= 15 is 0 Å². The molecule has 0 heterocycles. The quantitative estimate of drug-likeness (QED) is 0.578. The smallest absolute Gasteiger partial charge is 0.146 e. The molecule has 1 fully saturated rings. The normalized spacial score (nSPS) is 19.5. The summed E-state index contributed by atoms with van der Waals surface area (Å²) in [4.78, 5) is 22.4. The molecule has 0 bridgehead atoms. The number of rotatable bonds is 4. The third kappa shape index (κ3) is 1.35. The number of Topliss-reactive ketones (excluding diaryl/α,β-unsaturated/α-hetero) is 2. The molecule has 0 aliphatic heterocycles. The Bertz CT molecular complexity index is 190. The molecular weight excluding hydrogens is 140 g/mol. The van der Waals surface area contributed by atoms with Crippen molar-refractivity contribution in [2.75, 3.05) is 0 Å². The predicted molar refractivity (Wildman–Crippen MR) is 42.3 cm³/mol. The second-order valence-electron chi connectivity index (χ2n) is 3.31. The lowest BCUT2D eigenvalue weighted by molar-refractivity contribution is -0.133. The van der Waals surface area contributed by atoms with Gasteiger partial charge in [0.15, 0.2) is 0 Å². The maximum absolute atomic E-state index is 11.3. The van der Waals surface area contributed by atoms with Crippen molar-refractivity contribution in [3.05, 3.63) is 0 Å². The van der Waals surface area contributed by atoms with Gasteiger partial charge in [0.2, 0.25) is 0 Å². The molecule has 0 aromatic heterocycles. The maximum Gasteiger partial charge on any atom is 0.146 e. The van der Waals surface area contributed by atoms with Crippen LogP contribution in [0.5, 0.6) is 0 Å². The second kappa shape index (κ2) is 2.76. The van der Waals surface area contributed by atoms with Crippen molar-refractivity contribution in [1.82, 2.24) is 0 Å². The van der Waals surface area contributed by atoms with Crippen molar-refractivity contribution in [1.29, 1.82) is 0 Å². The van der Waals surface area contributed by atoms with Crippen molar-refractivity contribution in [3.63, 3.8) is 0 Å². The zero-order valence-electron chi connectivity index (χ0n) is 7.14. The van der Waals surface area contributed by atoms with Gasteiger partial charge in [-0.15, -0.1) is 0 Å². The molecule has 2 nitrogen and oxygen atoms in total. The summed E-state index contributed by atoms with van der Waals surface area (Å²) in [6, 6.07) is 0. The average molecular weight is 154 g/mol. The summed E-state index contributed by atoms with van der Waals surface area (Å²) < 4.78 is 0. The first-order chi connectivity index (χ1) is 5.13. The third-order valence-electron chi connectivity index (χ3n) is 2.43. The Morgan fingerprint density at radius 3 is 2.18 bits per heavy atom. The summed E-state index contributed by atoms with van der Waals surface area (Å²) in [7, 11) is 0. The highest BCUT2D eigenvalue weighted by Gasteiger charge is 2.52. The zero-order chi connectivity index (χ0) is 8.48. The molecule has 0 spiro atoms. The van der Waals surface area contributed by atoms with E-state index in [1.54, 1.807) is 0 Å². The van der Waals surface area contributed by atoms with Gasteiger partial charge in [-0.25, -0.2) is 0 Å². The van der Waals surface area contributed by atoms with Crippen molar-refractivity contribution in [3.8, 4) is 0 Å². The standard InChI is InChI=1S/C9H14O2/c1-3-4-8(11)9(5-6-9)7(2)10/h3-6H2,1-2H3. The van der Waals surface area contributed by atoms with Crippen LogP contribution in [0.1, 0.15) is 39.5 Å². The van der Waals surface area contributed by atoms with Crippen LogP contribution in [0, 0.1) is 5.41 Å². The number of hydrogen-bond donors (Lipinski definition) is 0. The minimum absolute atomic E-state index is 0.0657. The van der Waals surface area contributed by atoms with Gasteiger partial charge in [-0.1, -0.05) is 6.92 Å². The predicted octanol–water partition coefficient (Wildman–Crippen LogP) is 1.72. The molecule has 1 saturated carbocycles. The van der Waals surface area contributed by atoms with Gasteiger partial charge in [0.05, 0.1) is 5.41 Å². The van der Waals surface area contributed by atoms with Gasteiger partial charge in [0, 0.05) is 6.42 Å². The molecule has 11 heavy (non-hydrogen) atoms. The Morgan fingerprint density at radius 2 is 1.91 bits per heavy atom.